The lowest BCUT2D eigenvalue weighted by molar-refractivity contribution is -0.274. The first-order valence-electron chi connectivity index (χ1n) is 4.24. The molecule has 0 amide bonds. The summed E-state index contributed by atoms with van der Waals surface area (Å²) < 4.78 is 39.8. The molecule has 0 aromatic heterocycles. The number of ether oxygens (including phenoxy) is 1. The first kappa shape index (κ1) is 11.8. The molecule has 0 unspecified atom stereocenters. The molecule has 0 radical (unpaired) electrons. The quantitative estimate of drug-likeness (QED) is 0.812. The van der Waals surface area contributed by atoms with E-state index < -0.39 is 12.4 Å². The Morgan fingerprint density at radius 2 is 1.87 bits per heavy atom. The van der Waals surface area contributed by atoms with E-state index in [-0.39, 0.29) is 17.9 Å². The highest BCUT2D eigenvalue weighted by Gasteiger charge is 2.32. The maximum Gasteiger partial charge on any atom is 0.573 e. The fraction of sp³-hybridized carbons (Fsp3) is 0.333. The fourth-order valence-electron chi connectivity index (χ4n) is 1.13. The second-order valence-corrected chi connectivity index (χ2v) is 2.93. The van der Waals surface area contributed by atoms with E-state index in [9.17, 15) is 13.2 Å². The van der Waals surface area contributed by atoms with Gasteiger partial charge in [-0.05, 0) is 6.07 Å². The summed E-state index contributed by atoms with van der Waals surface area (Å²) in [5.41, 5.74) is 11.1. The molecule has 0 aliphatic heterocycles. The van der Waals surface area contributed by atoms with Gasteiger partial charge in [0.05, 0.1) is 0 Å². The van der Waals surface area contributed by atoms with Gasteiger partial charge in [0.15, 0.2) is 0 Å². The van der Waals surface area contributed by atoms with Crippen molar-refractivity contribution in [3.05, 3.63) is 29.8 Å². The van der Waals surface area contributed by atoms with E-state index in [0.29, 0.717) is 0 Å². The Balaban J connectivity index is 2.96. The van der Waals surface area contributed by atoms with Crippen molar-refractivity contribution < 1.29 is 17.9 Å². The van der Waals surface area contributed by atoms with Crippen LogP contribution in [0.4, 0.5) is 13.2 Å². The molecular formula is C9H11F3N2O. The molecule has 0 spiro atoms. The first-order chi connectivity index (χ1) is 6.94. The van der Waals surface area contributed by atoms with Gasteiger partial charge in [-0.2, -0.15) is 0 Å². The molecule has 3 nitrogen and oxygen atoms in total. The van der Waals surface area contributed by atoms with E-state index in [1.807, 2.05) is 0 Å². The molecule has 0 aliphatic rings. The maximum absolute atomic E-state index is 12.0. The Hall–Kier alpha value is -1.27. The molecule has 0 bridgehead atoms. The van der Waals surface area contributed by atoms with Crippen LogP contribution in [0.1, 0.15) is 11.6 Å². The minimum absolute atomic E-state index is 0.0538. The largest absolute Gasteiger partial charge is 0.573 e. The number of hydrogen-bond acceptors (Lipinski definition) is 3. The van der Waals surface area contributed by atoms with Gasteiger partial charge in [-0.15, -0.1) is 13.2 Å². The van der Waals surface area contributed by atoms with Crippen molar-refractivity contribution in [2.75, 3.05) is 6.54 Å². The van der Waals surface area contributed by atoms with Crippen molar-refractivity contribution in [1.29, 1.82) is 0 Å². The van der Waals surface area contributed by atoms with E-state index in [4.69, 9.17) is 11.5 Å². The van der Waals surface area contributed by atoms with Gasteiger partial charge < -0.3 is 16.2 Å². The Kier molecular flexibility index (Phi) is 3.54. The predicted octanol–water partition coefficient (Wildman–Crippen LogP) is 1.54. The summed E-state index contributed by atoms with van der Waals surface area (Å²) in [6.45, 7) is 0.0538. The fourth-order valence-corrected chi connectivity index (χ4v) is 1.13. The van der Waals surface area contributed by atoms with Crippen molar-refractivity contribution >= 4 is 0 Å². The molecule has 1 rings (SSSR count). The van der Waals surface area contributed by atoms with Crippen molar-refractivity contribution in [2.24, 2.45) is 11.5 Å². The van der Waals surface area contributed by atoms with Crippen LogP contribution in [0.2, 0.25) is 0 Å². The molecule has 1 atom stereocenters. The third-order valence-electron chi connectivity index (χ3n) is 1.80. The van der Waals surface area contributed by atoms with Crippen LogP contribution in [0.25, 0.3) is 0 Å². The first-order valence-corrected chi connectivity index (χ1v) is 4.24. The summed E-state index contributed by atoms with van der Waals surface area (Å²) in [6, 6.07) is 5.02. The second kappa shape index (κ2) is 4.50. The number of benzene rings is 1. The van der Waals surface area contributed by atoms with Crippen molar-refractivity contribution in [3.63, 3.8) is 0 Å². The summed E-state index contributed by atoms with van der Waals surface area (Å²) in [6.07, 6.45) is -4.72. The molecule has 0 aliphatic carbocycles. The maximum atomic E-state index is 12.0. The number of hydrogen-bond donors (Lipinski definition) is 2. The van der Waals surface area contributed by atoms with Gasteiger partial charge in [-0.1, -0.05) is 18.2 Å². The van der Waals surface area contributed by atoms with Crippen molar-refractivity contribution in [3.8, 4) is 5.75 Å². The van der Waals surface area contributed by atoms with Gasteiger partial charge in [-0.25, -0.2) is 0 Å². The van der Waals surface area contributed by atoms with Crippen LogP contribution in [0.5, 0.6) is 5.75 Å². The highest BCUT2D eigenvalue weighted by Crippen LogP contribution is 2.28. The van der Waals surface area contributed by atoms with Crippen molar-refractivity contribution in [1.82, 2.24) is 0 Å². The van der Waals surface area contributed by atoms with Gasteiger partial charge in [-0.3, -0.25) is 0 Å². The smallest absolute Gasteiger partial charge is 0.405 e. The molecule has 4 N–H and O–H groups in total. The number of para-hydroxylation sites is 1. The standard InChI is InChI=1S/C9H11F3N2O/c10-9(11,12)15-8-4-2-1-3-6(8)7(14)5-13/h1-4,7H,5,13-14H2/t7-/m1/s1. The van der Waals surface area contributed by atoms with Crippen LogP contribution in [0.3, 0.4) is 0 Å². The van der Waals surface area contributed by atoms with Crippen LogP contribution < -0.4 is 16.2 Å². The molecule has 6 heteroatoms. The molecular weight excluding hydrogens is 209 g/mol. The molecule has 0 fully saturated rings. The van der Waals surface area contributed by atoms with E-state index in [0.717, 1.165) is 0 Å². The van der Waals surface area contributed by atoms with Gasteiger partial charge in [0, 0.05) is 18.2 Å². The Bertz CT molecular complexity index is 327. The zero-order valence-corrected chi connectivity index (χ0v) is 7.79. The van der Waals surface area contributed by atoms with Gasteiger partial charge >= 0.3 is 6.36 Å². The Labute approximate surface area is 84.8 Å². The third kappa shape index (κ3) is 3.41. The molecule has 15 heavy (non-hydrogen) atoms. The van der Waals surface area contributed by atoms with Crippen LogP contribution in [-0.4, -0.2) is 12.9 Å². The summed E-state index contributed by atoms with van der Waals surface area (Å²) in [7, 11) is 0. The minimum Gasteiger partial charge on any atom is -0.405 e. The SMILES string of the molecule is NC[C@@H](N)c1ccccc1OC(F)(F)F. The highest BCUT2D eigenvalue weighted by molar-refractivity contribution is 5.36. The lowest BCUT2D eigenvalue weighted by atomic mass is 10.1. The van der Waals surface area contributed by atoms with Gasteiger partial charge in [0.25, 0.3) is 0 Å². The predicted molar refractivity (Wildman–Crippen MR) is 49.1 cm³/mol. The average molecular weight is 220 g/mol. The lowest BCUT2D eigenvalue weighted by Crippen LogP contribution is -2.24. The summed E-state index contributed by atoms with van der Waals surface area (Å²) in [4.78, 5) is 0. The van der Waals surface area contributed by atoms with Crippen molar-refractivity contribution in [2.45, 2.75) is 12.4 Å². The number of halogens is 3. The molecule has 0 heterocycles. The normalized spacial score (nSPS) is 13.7. The topological polar surface area (TPSA) is 61.3 Å². The Morgan fingerprint density at radius 1 is 1.27 bits per heavy atom. The minimum atomic E-state index is -4.72. The van der Waals surface area contributed by atoms with Crippen LogP contribution in [-0.2, 0) is 0 Å². The average Bonchev–Trinajstić information content (AvgIpc) is 2.15. The highest BCUT2D eigenvalue weighted by atomic mass is 19.4. The van der Waals surface area contributed by atoms with Crippen LogP contribution in [0, 0.1) is 0 Å². The molecule has 1 aromatic carbocycles. The number of nitrogens with two attached hydrogens (primary N) is 2. The molecule has 0 saturated carbocycles. The molecule has 0 saturated heterocycles. The van der Waals surface area contributed by atoms with Crippen LogP contribution >= 0.6 is 0 Å². The summed E-state index contributed by atoms with van der Waals surface area (Å²) in [5.74, 6) is -0.303. The zero-order chi connectivity index (χ0) is 11.5. The van der Waals surface area contributed by atoms with E-state index in [1.54, 1.807) is 6.07 Å². The lowest BCUT2D eigenvalue weighted by Gasteiger charge is -2.16. The molecule has 84 valence electrons. The number of alkyl halides is 3. The van der Waals surface area contributed by atoms with Gasteiger partial charge in [0.1, 0.15) is 5.75 Å². The number of rotatable bonds is 3. The Morgan fingerprint density at radius 3 is 2.40 bits per heavy atom. The second-order valence-electron chi connectivity index (χ2n) is 2.93. The van der Waals surface area contributed by atoms with E-state index in [1.165, 1.54) is 18.2 Å². The van der Waals surface area contributed by atoms with E-state index >= 15 is 0 Å². The van der Waals surface area contributed by atoms with E-state index in [2.05, 4.69) is 4.74 Å². The summed E-state index contributed by atoms with van der Waals surface area (Å²) in [5, 5.41) is 0. The van der Waals surface area contributed by atoms with Gasteiger partial charge in [0.2, 0.25) is 0 Å². The monoisotopic (exact) mass is 220 g/mol. The zero-order valence-electron chi connectivity index (χ0n) is 7.79. The summed E-state index contributed by atoms with van der Waals surface area (Å²) >= 11 is 0. The van der Waals surface area contributed by atoms with Crippen LogP contribution in [0.15, 0.2) is 24.3 Å². The third-order valence-corrected chi connectivity index (χ3v) is 1.80. The molecule has 1 aromatic rings.